The maximum Gasteiger partial charge on any atom is 0.235 e. The van der Waals surface area contributed by atoms with Crippen molar-refractivity contribution in [2.75, 3.05) is 29.1 Å². The Morgan fingerprint density at radius 1 is 1.19 bits per heavy atom. The normalized spacial score (nSPS) is 10.5. The molecule has 0 unspecified atom stereocenters. The van der Waals surface area contributed by atoms with Crippen molar-refractivity contribution in [2.24, 2.45) is 0 Å². The summed E-state index contributed by atoms with van der Waals surface area (Å²) in [5, 5.41) is 9.03. The first-order valence-corrected chi connectivity index (χ1v) is 10.2. The molecular formula is C17H20FN3O3S2. The molecule has 2 aromatic rings. The fourth-order valence-electron chi connectivity index (χ4n) is 1.95. The monoisotopic (exact) mass is 397 g/mol. The van der Waals surface area contributed by atoms with Crippen LogP contribution in [0, 0.1) is 12.7 Å². The molecule has 140 valence electrons. The first-order chi connectivity index (χ1) is 12.5. The number of nitrogens with one attached hydrogen (secondary N) is 2. The molecule has 6 nitrogen and oxygen atoms in total. The maximum absolute atomic E-state index is 13.4. The molecule has 2 amide bonds. The number of aromatic nitrogens is 1. The van der Waals surface area contributed by atoms with Gasteiger partial charge < -0.3 is 15.2 Å². The molecule has 0 radical (unpaired) electrons. The third-order valence-corrected chi connectivity index (χ3v) is 5.09. The lowest BCUT2D eigenvalue weighted by Crippen LogP contribution is -2.28. The van der Waals surface area contributed by atoms with E-state index in [1.165, 1.54) is 17.8 Å². The van der Waals surface area contributed by atoms with Crippen LogP contribution in [0.2, 0.25) is 0 Å². The van der Waals surface area contributed by atoms with Gasteiger partial charge in [-0.05, 0) is 18.6 Å². The van der Waals surface area contributed by atoms with Crippen molar-refractivity contribution in [1.82, 2.24) is 10.5 Å². The van der Waals surface area contributed by atoms with Gasteiger partial charge in [0.2, 0.25) is 11.8 Å². The summed E-state index contributed by atoms with van der Waals surface area (Å²) in [5.41, 5.74) is 0.660. The van der Waals surface area contributed by atoms with Gasteiger partial charge in [0.15, 0.2) is 5.82 Å². The van der Waals surface area contributed by atoms with Crippen LogP contribution in [0.15, 0.2) is 34.9 Å². The topological polar surface area (TPSA) is 84.2 Å². The smallest absolute Gasteiger partial charge is 0.235 e. The van der Waals surface area contributed by atoms with Crippen LogP contribution in [-0.4, -0.2) is 40.8 Å². The number of amides is 2. The van der Waals surface area contributed by atoms with Gasteiger partial charge in [0.25, 0.3) is 0 Å². The van der Waals surface area contributed by atoms with E-state index < -0.39 is 0 Å². The van der Waals surface area contributed by atoms with Gasteiger partial charge >= 0.3 is 0 Å². The van der Waals surface area contributed by atoms with Gasteiger partial charge in [-0.15, -0.1) is 11.8 Å². The number of carbonyl (C=O) groups is 2. The Kier molecular flexibility index (Phi) is 8.49. The number of halogens is 1. The second-order valence-electron chi connectivity index (χ2n) is 5.36. The molecular weight excluding hydrogens is 377 g/mol. The van der Waals surface area contributed by atoms with Crippen LogP contribution in [-0.2, 0) is 15.3 Å². The Morgan fingerprint density at radius 3 is 2.69 bits per heavy atom. The summed E-state index contributed by atoms with van der Waals surface area (Å²) in [6.45, 7) is 2.24. The van der Waals surface area contributed by atoms with E-state index in [0.29, 0.717) is 35.2 Å². The van der Waals surface area contributed by atoms with Gasteiger partial charge in [0.05, 0.1) is 11.5 Å². The van der Waals surface area contributed by atoms with Crippen LogP contribution < -0.4 is 10.6 Å². The number of carbonyl (C=O) groups excluding carboxylic acids is 2. The summed E-state index contributed by atoms with van der Waals surface area (Å²) in [4.78, 5) is 23.4. The fourth-order valence-corrected chi connectivity index (χ4v) is 3.44. The summed E-state index contributed by atoms with van der Waals surface area (Å²) in [5.74, 6) is 2.01. The molecule has 0 saturated heterocycles. The first kappa shape index (κ1) is 20.3. The number of anilines is 1. The third-order valence-electron chi connectivity index (χ3n) is 3.15. The molecule has 9 heteroatoms. The fraction of sp³-hybridized carbons (Fsp3) is 0.353. The Labute approximate surface area is 159 Å². The highest BCUT2D eigenvalue weighted by atomic mass is 32.2. The zero-order valence-corrected chi connectivity index (χ0v) is 15.9. The van der Waals surface area contributed by atoms with Crippen molar-refractivity contribution >= 4 is 41.2 Å². The molecule has 0 aliphatic heterocycles. The quantitative estimate of drug-likeness (QED) is 0.600. The van der Waals surface area contributed by atoms with Gasteiger partial charge in [-0.1, -0.05) is 23.4 Å². The van der Waals surface area contributed by atoms with E-state index in [1.807, 2.05) is 0 Å². The minimum atomic E-state index is -0.239. The Balaban J connectivity index is 1.51. The van der Waals surface area contributed by atoms with Crippen LogP contribution in [0.3, 0.4) is 0 Å². The van der Waals surface area contributed by atoms with E-state index in [9.17, 15) is 14.0 Å². The molecule has 1 aromatic carbocycles. The highest BCUT2D eigenvalue weighted by Crippen LogP contribution is 2.14. The summed E-state index contributed by atoms with van der Waals surface area (Å²) in [7, 11) is 0. The van der Waals surface area contributed by atoms with Gasteiger partial charge in [-0.2, -0.15) is 11.8 Å². The largest absolute Gasteiger partial charge is 0.360 e. The van der Waals surface area contributed by atoms with Gasteiger partial charge in [-0.25, -0.2) is 4.39 Å². The molecule has 1 heterocycles. The molecule has 0 saturated carbocycles. The Morgan fingerprint density at radius 2 is 1.96 bits per heavy atom. The van der Waals surface area contributed by atoms with E-state index in [4.69, 9.17) is 4.52 Å². The predicted octanol–water partition coefficient (Wildman–Crippen LogP) is 2.84. The first-order valence-electron chi connectivity index (χ1n) is 7.93. The van der Waals surface area contributed by atoms with Crippen molar-refractivity contribution in [3.8, 4) is 0 Å². The summed E-state index contributed by atoms with van der Waals surface area (Å²) < 4.78 is 18.3. The lowest BCUT2D eigenvalue weighted by molar-refractivity contribution is -0.118. The standard InChI is InChI=1S/C17H20FN3O3S2/c1-12-8-15(21-24-12)20-17(23)11-26-10-16(22)19-6-7-25-9-13-4-2-3-5-14(13)18/h2-5,8H,6-7,9-11H2,1H3,(H,19,22)(H,20,21,23). The van der Waals surface area contributed by atoms with Crippen molar-refractivity contribution in [2.45, 2.75) is 12.7 Å². The highest BCUT2D eigenvalue weighted by Gasteiger charge is 2.08. The summed E-state index contributed by atoms with van der Waals surface area (Å²) in [6.07, 6.45) is 0. The highest BCUT2D eigenvalue weighted by molar-refractivity contribution is 8.00. The number of rotatable bonds is 10. The number of benzene rings is 1. The Hall–Kier alpha value is -2.00. The van der Waals surface area contributed by atoms with Crippen molar-refractivity contribution in [1.29, 1.82) is 0 Å². The molecule has 0 bridgehead atoms. The zero-order chi connectivity index (χ0) is 18.8. The molecule has 0 spiro atoms. The maximum atomic E-state index is 13.4. The van der Waals surface area contributed by atoms with Gasteiger partial charge in [0, 0.05) is 24.1 Å². The van der Waals surface area contributed by atoms with E-state index >= 15 is 0 Å². The van der Waals surface area contributed by atoms with Crippen LogP contribution in [0.4, 0.5) is 10.2 Å². The molecule has 0 aliphatic rings. The van der Waals surface area contributed by atoms with E-state index in [-0.39, 0.29) is 29.1 Å². The minimum absolute atomic E-state index is 0.133. The molecule has 0 atom stereocenters. The van der Waals surface area contributed by atoms with Crippen LogP contribution in [0.5, 0.6) is 0 Å². The lowest BCUT2D eigenvalue weighted by Gasteiger charge is -2.06. The van der Waals surface area contributed by atoms with Crippen molar-refractivity contribution in [3.63, 3.8) is 0 Å². The average Bonchev–Trinajstić information content (AvgIpc) is 3.01. The number of aryl methyl sites for hydroxylation is 1. The second kappa shape index (κ2) is 10.9. The lowest BCUT2D eigenvalue weighted by atomic mass is 10.2. The Bertz CT molecular complexity index is 740. The van der Waals surface area contributed by atoms with E-state index in [0.717, 1.165) is 0 Å². The average molecular weight is 397 g/mol. The molecule has 1 aromatic heterocycles. The van der Waals surface area contributed by atoms with Gasteiger partial charge in [0.1, 0.15) is 11.6 Å². The third kappa shape index (κ3) is 7.49. The summed E-state index contributed by atoms with van der Waals surface area (Å²) in [6, 6.07) is 8.28. The minimum Gasteiger partial charge on any atom is -0.360 e. The van der Waals surface area contributed by atoms with E-state index in [2.05, 4.69) is 15.8 Å². The number of nitrogens with zero attached hydrogens (tertiary/aromatic N) is 1. The predicted molar refractivity (Wildman–Crippen MR) is 103 cm³/mol. The summed E-state index contributed by atoms with van der Waals surface area (Å²) >= 11 is 2.77. The molecule has 2 N–H and O–H groups in total. The van der Waals surface area contributed by atoms with Crippen LogP contribution in [0.25, 0.3) is 0 Å². The van der Waals surface area contributed by atoms with Crippen molar-refractivity contribution in [3.05, 3.63) is 47.5 Å². The molecule has 0 fully saturated rings. The molecule has 26 heavy (non-hydrogen) atoms. The van der Waals surface area contributed by atoms with E-state index in [1.54, 1.807) is 43.0 Å². The van der Waals surface area contributed by atoms with Crippen molar-refractivity contribution < 1.29 is 18.5 Å². The zero-order valence-electron chi connectivity index (χ0n) is 14.3. The number of thioether (sulfide) groups is 2. The van der Waals surface area contributed by atoms with Crippen LogP contribution in [0.1, 0.15) is 11.3 Å². The second-order valence-corrected chi connectivity index (χ2v) is 7.45. The molecule has 2 rings (SSSR count). The molecule has 0 aliphatic carbocycles. The number of hydrogen-bond acceptors (Lipinski definition) is 6. The van der Waals surface area contributed by atoms with Gasteiger partial charge in [-0.3, -0.25) is 9.59 Å². The SMILES string of the molecule is Cc1cc(NC(=O)CSCC(=O)NCCSCc2ccccc2F)no1. The van der Waals surface area contributed by atoms with Crippen LogP contribution >= 0.6 is 23.5 Å². The number of hydrogen-bond donors (Lipinski definition) is 2.